The average molecular weight is 375 g/mol. The van der Waals surface area contributed by atoms with E-state index in [0.29, 0.717) is 17.8 Å². The molecule has 1 aliphatic rings. The molecule has 146 valence electrons. The Labute approximate surface area is 159 Å². The number of carbonyl (C=O) groups is 1. The van der Waals surface area contributed by atoms with Gasteiger partial charge in [-0.25, -0.2) is 8.78 Å². The van der Waals surface area contributed by atoms with Gasteiger partial charge < -0.3 is 5.32 Å². The van der Waals surface area contributed by atoms with Crippen LogP contribution in [0.25, 0.3) is 0 Å². The van der Waals surface area contributed by atoms with Crippen LogP contribution in [0.5, 0.6) is 0 Å². The molecule has 1 aromatic carbocycles. The maximum Gasteiger partial charge on any atom is 0.282 e. The Hall–Kier alpha value is -2.24. The van der Waals surface area contributed by atoms with Crippen molar-refractivity contribution in [2.24, 2.45) is 18.9 Å². The number of fused-ring (bicyclic) bond motifs is 1. The van der Waals surface area contributed by atoms with E-state index >= 15 is 0 Å². The lowest BCUT2D eigenvalue weighted by atomic mass is 9.86. The number of nitrogens with zero attached hydrogens (tertiary/aromatic N) is 2. The number of aromatic nitrogens is 2. The summed E-state index contributed by atoms with van der Waals surface area (Å²) < 4.78 is 27.6. The fraction of sp³-hybridized carbons (Fsp3) is 0.524. The van der Waals surface area contributed by atoms with E-state index in [4.69, 9.17) is 0 Å². The van der Waals surface area contributed by atoms with Crippen LogP contribution in [0, 0.1) is 11.8 Å². The standard InChI is InChI=1S/C21H27F2N3O/c1-12(2)8-9-15-13(3)10-14-6-5-7-17(18(14)15)24-21(27)16-11-26(4)25-19(16)20(22)23/h5-7,11-13,15,20H,8-10H2,1-4H3,(H,24,27). The molecule has 1 amide bonds. The van der Waals surface area contributed by atoms with E-state index in [2.05, 4.69) is 37.3 Å². The number of hydrogen-bond donors (Lipinski definition) is 1. The van der Waals surface area contributed by atoms with Crippen molar-refractivity contribution >= 4 is 11.6 Å². The number of rotatable bonds is 6. The van der Waals surface area contributed by atoms with E-state index in [1.54, 1.807) is 0 Å². The summed E-state index contributed by atoms with van der Waals surface area (Å²) in [4.78, 5) is 12.7. The van der Waals surface area contributed by atoms with E-state index in [0.717, 1.165) is 24.9 Å². The maximum atomic E-state index is 13.2. The molecule has 2 atom stereocenters. The van der Waals surface area contributed by atoms with Gasteiger partial charge in [0.25, 0.3) is 12.3 Å². The number of amides is 1. The molecule has 2 aromatic rings. The molecule has 3 rings (SSSR count). The number of aryl methyl sites for hydroxylation is 1. The molecule has 0 fully saturated rings. The zero-order chi connectivity index (χ0) is 19.7. The van der Waals surface area contributed by atoms with Crippen LogP contribution in [0.15, 0.2) is 24.4 Å². The van der Waals surface area contributed by atoms with Crippen LogP contribution < -0.4 is 5.32 Å². The van der Waals surface area contributed by atoms with E-state index in [1.807, 2.05) is 12.1 Å². The molecule has 1 heterocycles. The molecule has 2 unspecified atom stereocenters. The lowest BCUT2D eigenvalue weighted by molar-refractivity contribution is 0.101. The second-order valence-corrected chi connectivity index (χ2v) is 7.99. The molecule has 1 aliphatic carbocycles. The zero-order valence-electron chi connectivity index (χ0n) is 16.3. The van der Waals surface area contributed by atoms with Gasteiger partial charge in [-0.05, 0) is 47.8 Å². The molecular formula is C21H27F2N3O. The van der Waals surface area contributed by atoms with E-state index in [1.165, 1.54) is 29.1 Å². The van der Waals surface area contributed by atoms with Gasteiger partial charge in [-0.1, -0.05) is 39.3 Å². The normalized spacial score (nSPS) is 19.0. The summed E-state index contributed by atoms with van der Waals surface area (Å²) in [6, 6.07) is 5.89. The number of carbonyl (C=O) groups excluding carboxylic acids is 1. The number of benzene rings is 1. The highest BCUT2D eigenvalue weighted by atomic mass is 19.3. The van der Waals surface area contributed by atoms with Gasteiger partial charge in [0.05, 0.1) is 5.56 Å². The highest BCUT2D eigenvalue weighted by Crippen LogP contribution is 2.45. The van der Waals surface area contributed by atoms with Crippen molar-refractivity contribution in [1.82, 2.24) is 9.78 Å². The third kappa shape index (κ3) is 4.04. The van der Waals surface area contributed by atoms with Crippen molar-refractivity contribution in [3.05, 3.63) is 46.8 Å². The summed E-state index contributed by atoms with van der Waals surface area (Å²) in [6.45, 7) is 6.66. The first-order chi connectivity index (χ1) is 12.8. The number of alkyl halides is 2. The molecule has 27 heavy (non-hydrogen) atoms. The van der Waals surface area contributed by atoms with Crippen LogP contribution in [-0.2, 0) is 13.5 Å². The summed E-state index contributed by atoms with van der Waals surface area (Å²) in [5.41, 5.74) is 2.60. The molecular weight excluding hydrogens is 348 g/mol. The SMILES string of the molecule is CC(C)CCC1c2c(cccc2NC(=O)c2cn(C)nc2C(F)F)CC1C. The minimum atomic E-state index is -2.78. The summed E-state index contributed by atoms with van der Waals surface area (Å²) in [7, 11) is 1.53. The summed E-state index contributed by atoms with van der Waals surface area (Å²) >= 11 is 0. The van der Waals surface area contributed by atoms with Gasteiger partial charge >= 0.3 is 0 Å². The molecule has 4 nitrogen and oxygen atoms in total. The Morgan fingerprint density at radius 2 is 2.11 bits per heavy atom. The van der Waals surface area contributed by atoms with Crippen molar-refractivity contribution in [3.63, 3.8) is 0 Å². The summed E-state index contributed by atoms with van der Waals surface area (Å²) in [5.74, 6) is 0.968. The second kappa shape index (κ2) is 7.79. The average Bonchev–Trinajstić information content (AvgIpc) is 3.13. The van der Waals surface area contributed by atoms with Gasteiger partial charge in [-0.2, -0.15) is 5.10 Å². The van der Waals surface area contributed by atoms with Crippen LogP contribution >= 0.6 is 0 Å². The van der Waals surface area contributed by atoms with Gasteiger partial charge in [-0.3, -0.25) is 9.48 Å². The predicted octanol–water partition coefficient (Wildman–Crippen LogP) is 5.32. The fourth-order valence-electron chi connectivity index (χ4n) is 4.08. The molecule has 0 saturated carbocycles. The minimum absolute atomic E-state index is 0.0742. The molecule has 0 aliphatic heterocycles. The monoisotopic (exact) mass is 375 g/mol. The van der Waals surface area contributed by atoms with Crippen molar-refractivity contribution in [2.45, 2.75) is 52.4 Å². The molecule has 1 N–H and O–H groups in total. The highest BCUT2D eigenvalue weighted by molar-refractivity contribution is 6.05. The van der Waals surface area contributed by atoms with Crippen LogP contribution in [0.3, 0.4) is 0 Å². The Balaban J connectivity index is 1.89. The van der Waals surface area contributed by atoms with Gasteiger partial charge in [0.1, 0.15) is 5.69 Å². The van der Waals surface area contributed by atoms with E-state index < -0.39 is 18.0 Å². The summed E-state index contributed by atoms with van der Waals surface area (Å²) in [5, 5.41) is 6.61. The first kappa shape index (κ1) is 19.5. The third-order valence-electron chi connectivity index (χ3n) is 5.41. The van der Waals surface area contributed by atoms with Gasteiger partial charge in [0.15, 0.2) is 0 Å². The number of nitrogens with one attached hydrogen (secondary N) is 1. The Kier molecular flexibility index (Phi) is 5.63. The first-order valence-corrected chi connectivity index (χ1v) is 9.52. The quantitative estimate of drug-likeness (QED) is 0.742. The number of hydrogen-bond acceptors (Lipinski definition) is 2. The molecule has 0 spiro atoms. The number of halogens is 2. The van der Waals surface area contributed by atoms with E-state index in [-0.39, 0.29) is 5.56 Å². The Morgan fingerprint density at radius 1 is 1.37 bits per heavy atom. The third-order valence-corrected chi connectivity index (χ3v) is 5.41. The largest absolute Gasteiger partial charge is 0.322 e. The molecule has 0 radical (unpaired) electrons. The fourth-order valence-corrected chi connectivity index (χ4v) is 4.08. The van der Waals surface area contributed by atoms with Gasteiger partial charge in [-0.15, -0.1) is 0 Å². The van der Waals surface area contributed by atoms with Crippen LogP contribution in [0.4, 0.5) is 14.5 Å². The smallest absolute Gasteiger partial charge is 0.282 e. The maximum absolute atomic E-state index is 13.2. The molecule has 0 bridgehead atoms. The van der Waals surface area contributed by atoms with E-state index in [9.17, 15) is 13.6 Å². The summed E-state index contributed by atoms with van der Waals surface area (Å²) in [6.07, 6.45) is 1.73. The topological polar surface area (TPSA) is 46.9 Å². The van der Waals surface area contributed by atoms with Crippen LogP contribution in [0.2, 0.25) is 0 Å². The van der Waals surface area contributed by atoms with Crippen molar-refractivity contribution in [3.8, 4) is 0 Å². The van der Waals surface area contributed by atoms with Crippen LogP contribution in [-0.4, -0.2) is 15.7 Å². The van der Waals surface area contributed by atoms with Crippen molar-refractivity contribution in [1.29, 1.82) is 0 Å². The van der Waals surface area contributed by atoms with Crippen molar-refractivity contribution in [2.75, 3.05) is 5.32 Å². The predicted molar refractivity (Wildman–Crippen MR) is 102 cm³/mol. The highest BCUT2D eigenvalue weighted by Gasteiger charge is 2.32. The molecule has 0 saturated heterocycles. The zero-order valence-corrected chi connectivity index (χ0v) is 16.3. The molecule has 1 aromatic heterocycles. The Morgan fingerprint density at radius 3 is 2.78 bits per heavy atom. The first-order valence-electron chi connectivity index (χ1n) is 9.52. The number of anilines is 1. The molecule has 6 heteroatoms. The lowest BCUT2D eigenvalue weighted by Gasteiger charge is -2.21. The minimum Gasteiger partial charge on any atom is -0.322 e. The lowest BCUT2D eigenvalue weighted by Crippen LogP contribution is -2.16. The van der Waals surface area contributed by atoms with Gasteiger partial charge in [0.2, 0.25) is 0 Å². The van der Waals surface area contributed by atoms with Crippen molar-refractivity contribution < 1.29 is 13.6 Å². The van der Waals surface area contributed by atoms with Gasteiger partial charge in [0, 0.05) is 18.9 Å². The van der Waals surface area contributed by atoms with Crippen LogP contribution in [0.1, 0.15) is 73.1 Å². The second-order valence-electron chi connectivity index (χ2n) is 7.99. The Bertz CT molecular complexity index is 829.